The van der Waals surface area contributed by atoms with Crippen molar-refractivity contribution in [2.45, 2.75) is 26.4 Å². The largest absolute Gasteiger partial charge is 0.457 e. The van der Waals surface area contributed by atoms with Crippen LogP contribution in [0.4, 0.5) is 0 Å². The third-order valence-corrected chi connectivity index (χ3v) is 4.21. The highest BCUT2D eigenvalue weighted by Gasteiger charge is 2.35. The summed E-state index contributed by atoms with van der Waals surface area (Å²) in [6.45, 7) is 2.43. The Kier molecular flexibility index (Phi) is 4.42. The van der Waals surface area contributed by atoms with E-state index in [1.54, 1.807) is 24.3 Å². The highest BCUT2D eigenvalue weighted by atomic mass is 16.7. The van der Waals surface area contributed by atoms with Gasteiger partial charge in [0.15, 0.2) is 0 Å². The van der Waals surface area contributed by atoms with Crippen molar-refractivity contribution in [1.29, 1.82) is 0 Å². The molecule has 0 N–H and O–H groups in total. The molecule has 2 atom stereocenters. The highest BCUT2D eigenvalue weighted by Crippen LogP contribution is 2.37. The van der Waals surface area contributed by atoms with Crippen molar-refractivity contribution in [3.05, 3.63) is 58.7 Å². The second-order valence-electron chi connectivity index (χ2n) is 6.29. The number of hydrogen-bond acceptors (Lipinski definition) is 9. The van der Waals surface area contributed by atoms with Crippen molar-refractivity contribution in [1.82, 2.24) is 0 Å². The number of hydrogen-bond donors (Lipinski definition) is 0. The molecule has 2 aromatic rings. The molecule has 0 saturated carbocycles. The summed E-state index contributed by atoms with van der Waals surface area (Å²) in [6, 6.07) is 9.17. The first-order valence-electron chi connectivity index (χ1n) is 8.54. The summed E-state index contributed by atoms with van der Waals surface area (Å²) in [5.41, 5.74) is 1.26. The molecular weight excluding hydrogens is 384 g/mol. The zero-order chi connectivity index (χ0) is 20.7. The molecule has 0 amide bonds. The average molecular weight is 398 g/mol. The van der Waals surface area contributed by atoms with Crippen LogP contribution in [-0.2, 0) is 28.5 Å². The lowest BCUT2D eigenvalue weighted by molar-refractivity contribution is -0.166. The smallest absolute Gasteiger partial charge is 0.342 e. The summed E-state index contributed by atoms with van der Waals surface area (Å²) in [5, 5.41) is 0. The fourth-order valence-electron chi connectivity index (χ4n) is 3.02. The summed E-state index contributed by atoms with van der Waals surface area (Å²) in [7, 11) is 0. The third kappa shape index (κ3) is 3.49. The van der Waals surface area contributed by atoms with Gasteiger partial charge in [0.25, 0.3) is 12.6 Å². The topological polar surface area (TPSA) is 114 Å². The fraction of sp³-hybridized carbons (Fsp3) is 0.200. The maximum Gasteiger partial charge on any atom is 0.342 e. The normalized spacial score (nSPS) is 19.0. The van der Waals surface area contributed by atoms with Gasteiger partial charge < -0.3 is 23.7 Å². The van der Waals surface area contributed by atoms with E-state index in [1.165, 1.54) is 26.0 Å². The minimum atomic E-state index is -1.09. The molecule has 0 spiro atoms. The first-order valence-corrected chi connectivity index (χ1v) is 8.54. The summed E-state index contributed by atoms with van der Waals surface area (Å²) in [6.07, 6.45) is -2.17. The van der Waals surface area contributed by atoms with E-state index in [4.69, 9.17) is 23.7 Å². The monoisotopic (exact) mass is 398 g/mol. The Morgan fingerprint density at radius 2 is 1.17 bits per heavy atom. The average Bonchev–Trinajstić information content (AvgIpc) is 3.11. The van der Waals surface area contributed by atoms with Crippen LogP contribution in [0, 0.1) is 0 Å². The molecule has 2 heterocycles. The maximum atomic E-state index is 12.0. The van der Waals surface area contributed by atoms with E-state index in [0.717, 1.165) is 0 Å². The SMILES string of the molecule is CC(=O)OC1OC(=O)c2cc(Oc3ccc4c(c3)C(=O)OC4OC(C)=O)ccc21. The van der Waals surface area contributed by atoms with E-state index in [0.29, 0.717) is 22.6 Å². The molecule has 0 aliphatic carbocycles. The summed E-state index contributed by atoms with van der Waals surface area (Å²) in [4.78, 5) is 46.3. The van der Waals surface area contributed by atoms with Crippen LogP contribution in [-0.4, -0.2) is 23.9 Å². The molecule has 0 saturated heterocycles. The van der Waals surface area contributed by atoms with Crippen molar-refractivity contribution in [2.24, 2.45) is 0 Å². The summed E-state index contributed by atoms with van der Waals surface area (Å²) in [5.74, 6) is -1.81. The van der Waals surface area contributed by atoms with E-state index >= 15 is 0 Å². The Morgan fingerprint density at radius 1 is 0.759 bits per heavy atom. The molecule has 0 fully saturated rings. The van der Waals surface area contributed by atoms with Gasteiger partial charge in [-0.1, -0.05) is 0 Å². The Balaban J connectivity index is 1.57. The molecule has 9 heteroatoms. The number of carbonyl (C=O) groups excluding carboxylic acids is 4. The first-order chi connectivity index (χ1) is 13.8. The molecule has 0 bridgehead atoms. The van der Waals surface area contributed by atoms with Gasteiger partial charge in [-0.05, 0) is 36.4 Å². The Bertz CT molecular complexity index is 972. The predicted octanol–water partition coefficient (Wildman–Crippen LogP) is 2.94. The Hall–Kier alpha value is -3.88. The van der Waals surface area contributed by atoms with E-state index in [-0.39, 0.29) is 11.1 Å². The van der Waals surface area contributed by atoms with Crippen LogP contribution in [0.25, 0.3) is 0 Å². The van der Waals surface area contributed by atoms with Crippen molar-refractivity contribution in [3.8, 4) is 11.5 Å². The molecule has 9 nitrogen and oxygen atoms in total. The van der Waals surface area contributed by atoms with Gasteiger partial charge in [-0.2, -0.15) is 0 Å². The van der Waals surface area contributed by atoms with Gasteiger partial charge in [0.05, 0.1) is 11.1 Å². The molecule has 0 aromatic heterocycles. The molecular formula is C20H14O9. The number of cyclic esters (lactones) is 2. The van der Waals surface area contributed by atoms with Crippen LogP contribution in [0.1, 0.15) is 58.3 Å². The standard InChI is InChI=1S/C20H14O9/c1-9(21)25-19-13-5-3-11(7-15(13)17(23)28-19)27-12-4-6-14-16(8-12)18(24)29-20(14)26-10(2)22/h3-8,19-20H,1-2H3. The number of carbonyl (C=O) groups is 4. The van der Waals surface area contributed by atoms with Crippen molar-refractivity contribution in [3.63, 3.8) is 0 Å². The van der Waals surface area contributed by atoms with E-state index < -0.39 is 36.5 Å². The van der Waals surface area contributed by atoms with Gasteiger partial charge in [-0.3, -0.25) is 9.59 Å². The lowest BCUT2D eigenvalue weighted by Crippen LogP contribution is -2.07. The highest BCUT2D eigenvalue weighted by molar-refractivity contribution is 5.95. The second kappa shape index (κ2) is 6.93. The van der Waals surface area contributed by atoms with E-state index in [1.807, 2.05) is 0 Å². The Morgan fingerprint density at radius 3 is 1.55 bits per heavy atom. The molecule has 4 rings (SSSR count). The first kappa shape index (κ1) is 18.5. The number of rotatable bonds is 4. The van der Waals surface area contributed by atoms with Crippen molar-refractivity contribution >= 4 is 23.9 Å². The number of fused-ring (bicyclic) bond motifs is 2. The molecule has 2 aromatic carbocycles. The fourth-order valence-corrected chi connectivity index (χ4v) is 3.02. The van der Waals surface area contributed by atoms with Crippen LogP contribution in [0.5, 0.6) is 11.5 Å². The van der Waals surface area contributed by atoms with Gasteiger partial charge in [0.2, 0.25) is 0 Å². The van der Waals surface area contributed by atoms with Crippen LogP contribution < -0.4 is 4.74 Å². The van der Waals surface area contributed by atoms with Crippen LogP contribution >= 0.6 is 0 Å². The van der Waals surface area contributed by atoms with Gasteiger partial charge in [0, 0.05) is 25.0 Å². The lowest BCUT2D eigenvalue weighted by atomic mass is 10.1. The molecule has 0 radical (unpaired) electrons. The lowest BCUT2D eigenvalue weighted by Gasteiger charge is -2.11. The van der Waals surface area contributed by atoms with Gasteiger partial charge >= 0.3 is 23.9 Å². The van der Waals surface area contributed by atoms with Gasteiger partial charge in [-0.15, -0.1) is 0 Å². The van der Waals surface area contributed by atoms with Crippen molar-refractivity contribution < 1.29 is 42.9 Å². The van der Waals surface area contributed by atoms with E-state index in [2.05, 4.69) is 0 Å². The third-order valence-electron chi connectivity index (χ3n) is 4.21. The predicted molar refractivity (Wildman–Crippen MR) is 92.8 cm³/mol. The molecule has 2 aliphatic heterocycles. The zero-order valence-corrected chi connectivity index (χ0v) is 15.3. The van der Waals surface area contributed by atoms with Crippen LogP contribution in [0.2, 0.25) is 0 Å². The Labute approximate surface area is 164 Å². The number of esters is 4. The summed E-state index contributed by atoms with van der Waals surface area (Å²) >= 11 is 0. The van der Waals surface area contributed by atoms with Gasteiger partial charge in [0.1, 0.15) is 11.5 Å². The van der Waals surface area contributed by atoms with Crippen LogP contribution in [0.15, 0.2) is 36.4 Å². The summed E-state index contributed by atoms with van der Waals surface area (Å²) < 4.78 is 25.7. The number of benzene rings is 2. The maximum absolute atomic E-state index is 12.0. The quantitative estimate of drug-likeness (QED) is 0.717. The molecule has 29 heavy (non-hydrogen) atoms. The molecule has 2 aliphatic rings. The van der Waals surface area contributed by atoms with E-state index in [9.17, 15) is 19.2 Å². The molecule has 2 unspecified atom stereocenters. The molecule has 148 valence electrons. The minimum Gasteiger partial charge on any atom is -0.457 e. The van der Waals surface area contributed by atoms with Crippen molar-refractivity contribution in [2.75, 3.05) is 0 Å². The minimum absolute atomic E-state index is 0.212. The van der Waals surface area contributed by atoms with Gasteiger partial charge in [-0.25, -0.2) is 9.59 Å². The second-order valence-corrected chi connectivity index (χ2v) is 6.29. The van der Waals surface area contributed by atoms with Crippen LogP contribution in [0.3, 0.4) is 0 Å². The zero-order valence-electron chi connectivity index (χ0n) is 15.3. The number of ether oxygens (including phenoxy) is 5.